The van der Waals surface area contributed by atoms with E-state index in [0.29, 0.717) is 52.2 Å². The van der Waals surface area contributed by atoms with Crippen LogP contribution in [0, 0.1) is 16.7 Å². The monoisotopic (exact) mass is 494 g/mol. The molecule has 11 nitrogen and oxygen atoms in total. The number of carbonyl (C=O) groups excluding carboxylic acids is 2. The van der Waals surface area contributed by atoms with Gasteiger partial charge in [0.25, 0.3) is 5.91 Å². The lowest BCUT2D eigenvalue weighted by atomic mass is 9.84. The maximum absolute atomic E-state index is 13.6. The van der Waals surface area contributed by atoms with Crippen molar-refractivity contribution < 1.29 is 24.2 Å². The molecule has 35 heavy (non-hydrogen) atoms. The molecule has 2 saturated heterocycles. The van der Waals surface area contributed by atoms with E-state index in [9.17, 15) is 20.0 Å². The molecule has 1 unspecified atom stereocenters. The van der Waals surface area contributed by atoms with E-state index in [1.165, 1.54) is 0 Å². The number of nitrogens with one attached hydrogen (secondary N) is 2. The molecule has 2 amide bonds. The van der Waals surface area contributed by atoms with Gasteiger partial charge in [0, 0.05) is 32.6 Å². The maximum Gasteiger partial charge on any atom is 0.413 e. The Kier molecular flexibility index (Phi) is 10.3. The van der Waals surface area contributed by atoms with Gasteiger partial charge in [-0.25, -0.2) is 9.79 Å². The number of likely N-dealkylation sites (tertiary alicyclic amines) is 1. The van der Waals surface area contributed by atoms with E-state index in [0.717, 1.165) is 13.0 Å². The van der Waals surface area contributed by atoms with Crippen LogP contribution in [-0.4, -0.2) is 96.7 Å². The van der Waals surface area contributed by atoms with Gasteiger partial charge in [0.1, 0.15) is 5.54 Å². The molecule has 2 heterocycles. The van der Waals surface area contributed by atoms with E-state index in [1.54, 1.807) is 11.8 Å². The van der Waals surface area contributed by atoms with Gasteiger partial charge in [-0.15, -0.1) is 0 Å². The number of nitriles is 1. The Morgan fingerprint density at radius 3 is 2.31 bits per heavy atom. The van der Waals surface area contributed by atoms with E-state index in [4.69, 9.17) is 9.47 Å². The van der Waals surface area contributed by atoms with Crippen LogP contribution in [0.2, 0.25) is 0 Å². The fraction of sp³-hybridized carbons (Fsp3) is 0.833. The number of guanidine groups is 1. The van der Waals surface area contributed by atoms with Gasteiger partial charge in [-0.3, -0.25) is 10.1 Å². The summed E-state index contributed by atoms with van der Waals surface area (Å²) in [6.45, 7) is 13.6. The third kappa shape index (κ3) is 8.63. The van der Waals surface area contributed by atoms with Crippen LogP contribution in [-0.2, 0) is 14.3 Å². The third-order valence-electron chi connectivity index (χ3n) is 6.05. The number of piperidine rings is 1. The highest BCUT2D eigenvalue weighted by atomic mass is 16.5. The van der Waals surface area contributed by atoms with Gasteiger partial charge in [0.15, 0.2) is 0 Å². The molecule has 0 aromatic heterocycles. The van der Waals surface area contributed by atoms with Crippen molar-refractivity contribution in [1.82, 2.24) is 20.4 Å². The Balaban J connectivity index is 2.36. The molecule has 11 heteroatoms. The zero-order chi connectivity index (χ0) is 26.1. The Bertz CT molecular complexity index is 791. The number of morpholine rings is 1. The fourth-order valence-electron chi connectivity index (χ4n) is 4.35. The van der Waals surface area contributed by atoms with Gasteiger partial charge in [-0.1, -0.05) is 27.7 Å². The number of rotatable bonds is 7. The highest BCUT2D eigenvalue weighted by molar-refractivity contribution is 5.96. The van der Waals surface area contributed by atoms with Crippen LogP contribution in [0.4, 0.5) is 4.79 Å². The molecule has 1 atom stereocenters. The van der Waals surface area contributed by atoms with E-state index >= 15 is 0 Å². The Hall–Kier alpha value is -2.42. The number of alkyl carbamates (subject to hydrolysis) is 1. The third-order valence-corrected chi connectivity index (χ3v) is 6.05. The van der Waals surface area contributed by atoms with Crippen LogP contribution >= 0.6 is 0 Å². The van der Waals surface area contributed by atoms with Crippen LogP contribution in [0.5, 0.6) is 0 Å². The number of aliphatic hydroxyl groups is 1. The Labute approximate surface area is 208 Å². The summed E-state index contributed by atoms with van der Waals surface area (Å²) in [5.41, 5.74) is -3.79. The Morgan fingerprint density at radius 1 is 1.17 bits per heavy atom. The molecule has 2 rings (SSSR count). The van der Waals surface area contributed by atoms with Crippen molar-refractivity contribution in [2.75, 3.05) is 52.5 Å². The van der Waals surface area contributed by atoms with E-state index in [-0.39, 0.29) is 19.0 Å². The zero-order valence-electron chi connectivity index (χ0n) is 21.9. The first-order chi connectivity index (χ1) is 16.5. The van der Waals surface area contributed by atoms with Crippen molar-refractivity contribution in [3.63, 3.8) is 0 Å². The molecule has 0 aliphatic carbocycles. The lowest BCUT2D eigenvalue weighted by Crippen LogP contribution is -2.61. The molecule has 2 aliphatic rings. The second kappa shape index (κ2) is 12.5. The van der Waals surface area contributed by atoms with Crippen LogP contribution < -0.4 is 10.6 Å². The van der Waals surface area contributed by atoms with Gasteiger partial charge in [0.05, 0.1) is 25.9 Å². The molecule has 0 bridgehead atoms. The molecule has 2 aliphatic heterocycles. The molecule has 198 valence electrons. The average molecular weight is 495 g/mol. The maximum atomic E-state index is 13.6. The standard InChI is InChI=1S/C24H42N6O5/c1-6-10-29-11-8-23(18-25,9-12-29)27-19(31)24(33,17-22(3,4)5)28-20(26-21(32)35-7-2)30-13-15-34-16-14-30/h33H,6-17H2,1-5H3,(H,27,31)(H,26,28,32). The summed E-state index contributed by atoms with van der Waals surface area (Å²) >= 11 is 0. The lowest BCUT2D eigenvalue weighted by molar-refractivity contribution is -0.144. The molecule has 0 spiro atoms. The van der Waals surface area contributed by atoms with Gasteiger partial charge in [-0.05, 0) is 38.1 Å². The summed E-state index contributed by atoms with van der Waals surface area (Å²) in [6, 6.07) is 2.28. The second-order valence-corrected chi connectivity index (χ2v) is 10.4. The second-order valence-electron chi connectivity index (χ2n) is 10.4. The van der Waals surface area contributed by atoms with Crippen molar-refractivity contribution in [2.45, 2.75) is 71.6 Å². The molecule has 2 fully saturated rings. The number of nitrogens with zero attached hydrogens (tertiary/aromatic N) is 4. The lowest BCUT2D eigenvalue weighted by Gasteiger charge is -2.40. The highest BCUT2D eigenvalue weighted by Gasteiger charge is 2.46. The van der Waals surface area contributed by atoms with Crippen LogP contribution in [0.3, 0.4) is 0 Å². The van der Waals surface area contributed by atoms with Gasteiger partial charge in [0.2, 0.25) is 11.7 Å². The molecule has 0 radical (unpaired) electrons. The molecule has 3 N–H and O–H groups in total. The number of aliphatic imine (C=N–C) groups is 1. The van der Waals surface area contributed by atoms with Crippen LogP contribution in [0.25, 0.3) is 0 Å². The SMILES string of the molecule is CCCN1CCC(C#N)(NC(=O)C(O)(CC(C)(C)C)N=C(NC(=O)OCC)N2CCOCC2)CC1. The molecule has 0 aromatic carbocycles. The summed E-state index contributed by atoms with van der Waals surface area (Å²) in [7, 11) is 0. The minimum absolute atomic E-state index is 0.0202. The Morgan fingerprint density at radius 2 is 1.80 bits per heavy atom. The van der Waals surface area contributed by atoms with Crippen LogP contribution in [0.15, 0.2) is 4.99 Å². The molecule has 0 saturated carbocycles. The number of amides is 2. The molecular formula is C24H42N6O5. The number of hydrogen-bond donors (Lipinski definition) is 3. The smallest absolute Gasteiger partial charge is 0.413 e. The number of carbonyl (C=O) groups is 2. The molecular weight excluding hydrogens is 452 g/mol. The van der Waals surface area contributed by atoms with Crippen molar-refractivity contribution in [3.8, 4) is 6.07 Å². The van der Waals surface area contributed by atoms with E-state index in [2.05, 4.69) is 33.5 Å². The zero-order valence-corrected chi connectivity index (χ0v) is 21.9. The first-order valence-corrected chi connectivity index (χ1v) is 12.5. The van der Waals surface area contributed by atoms with Crippen LogP contribution in [0.1, 0.15) is 60.3 Å². The van der Waals surface area contributed by atoms with E-state index in [1.807, 2.05) is 20.8 Å². The number of ether oxygens (including phenoxy) is 2. The summed E-state index contributed by atoms with van der Waals surface area (Å²) in [4.78, 5) is 34.2. The summed E-state index contributed by atoms with van der Waals surface area (Å²) < 4.78 is 10.4. The van der Waals surface area contributed by atoms with E-state index < -0.39 is 28.7 Å². The van der Waals surface area contributed by atoms with Crippen molar-refractivity contribution in [1.29, 1.82) is 5.26 Å². The summed E-state index contributed by atoms with van der Waals surface area (Å²) in [5.74, 6) is -0.716. The summed E-state index contributed by atoms with van der Waals surface area (Å²) in [6.07, 6.45) is 1.19. The largest absolute Gasteiger partial charge is 0.450 e. The minimum Gasteiger partial charge on any atom is -0.450 e. The average Bonchev–Trinajstić information content (AvgIpc) is 2.80. The predicted octanol–water partition coefficient (Wildman–Crippen LogP) is 1.43. The normalized spacial score (nSPS) is 20.9. The topological polar surface area (TPSA) is 140 Å². The molecule has 0 aromatic rings. The number of hydrogen-bond acceptors (Lipinski definition) is 8. The van der Waals surface area contributed by atoms with Crippen molar-refractivity contribution in [3.05, 3.63) is 0 Å². The first kappa shape index (κ1) is 28.8. The predicted molar refractivity (Wildman–Crippen MR) is 131 cm³/mol. The van der Waals surface area contributed by atoms with Gasteiger partial charge >= 0.3 is 6.09 Å². The summed E-state index contributed by atoms with van der Waals surface area (Å²) in [5, 5.41) is 27.0. The van der Waals surface area contributed by atoms with Crippen molar-refractivity contribution in [2.24, 2.45) is 10.4 Å². The van der Waals surface area contributed by atoms with Gasteiger partial charge in [-0.2, -0.15) is 5.26 Å². The first-order valence-electron chi connectivity index (χ1n) is 12.5. The van der Waals surface area contributed by atoms with Gasteiger partial charge < -0.3 is 29.7 Å². The fourth-order valence-corrected chi connectivity index (χ4v) is 4.35. The minimum atomic E-state index is -2.21. The quantitative estimate of drug-likeness (QED) is 0.357. The van der Waals surface area contributed by atoms with Crippen molar-refractivity contribution >= 4 is 18.0 Å². The highest BCUT2D eigenvalue weighted by Crippen LogP contribution is 2.31.